The second kappa shape index (κ2) is 12.1. The molecule has 2 rings (SSSR count). The van der Waals surface area contributed by atoms with Crippen molar-refractivity contribution in [2.75, 3.05) is 13.7 Å². The third kappa shape index (κ3) is 8.43. The fourth-order valence-corrected chi connectivity index (χ4v) is 3.52. The molecule has 35 heavy (non-hydrogen) atoms. The maximum absolute atomic E-state index is 12.3. The normalized spacial score (nSPS) is 11.0. The molecule has 186 valence electrons. The average Bonchev–Trinajstić information content (AvgIpc) is 2.80. The lowest BCUT2D eigenvalue weighted by molar-refractivity contribution is -0.757. The number of nitrogens with zero attached hydrogens (tertiary/aromatic N) is 1. The number of esters is 1. The van der Waals surface area contributed by atoms with E-state index in [1.54, 1.807) is 0 Å². The van der Waals surface area contributed by atoms with Crippen LogP contribution in [0.25, 0.3) is 6.08 Å². The molecule has 2 aromatic carbocycles. The number of hydrogen-bond donors (Lipinski definition) is 2. The van der Waals surface area contributed by atoms with Crippen molar-refractivity contribution in [3.8, 4) is 11.5 Å². The first-order chi connectivity index (χ1) is 16.5. The molecule has 0 atom stereocenters. The number of carboxylic acid groups (broad SMARTS) is 1. The first kappa shape index (κ1) is 26.8. The second-order valence-corrected chi connectivity index (χ2v) is 8.36. The zero-order valence-corrected chi connectivity index (χ0v) is 19.0. The summed E-state index contributed by atoms with van der Waals surface area (Å²) in [5.41, 5.74) is 0.307. The van der Waals surface area contributed by atoms with E-state index in [9.17, 15) is 32.9 Å². The molecular weight excluding hydrogens is 488 g/mol. The van der Waals surface area contributed by atoms with Gasteiger partial charge in [0.05, 0.1) is 24.2 Å². The van der Waals surface area contributed by atoms with Gasteiger partial charge in [-0.15, -0.1) is 10.1 Å². The van der Waals surface area contributed by atoms with Crippen molar-refractivity contribution in [3.05, 3.63) is 69.8 Å². The highest BCUT2D eigenvalue weighted by Gasteiger charge is 2.17. The molecule has 13 nitrogen and oxygen atoms in total. The number of carbonyl (C=O) groups excluding carboxylic acids is 2. The van der Waals surface area contributed by atoms with Crippen LogP contribution < -0.4 is 14.2 Å². The second-order valence-electron chi connectivity index (χ2n) is 6.68. The number of amides is 1. The van der Waals surface area contributed by atoms with Crippen LogP contribution in [-0.2, 0) is 24.4 Å². The van der Waals surface area contributed by atoms with E-state index in [1.165, 1.54) is 31.4 Å². The summed E-state index contributed by atoms with van der Waals surface area (Å²) >= 11 is 0. The molecule has 0 aromatic heterocycles. The summed E-state index contributed by atoms with van der Waals surface area (Å²) in [6, 6.07) is 8.61. The molecule has 0 aliphatic rings. The molecule has 0 saturated heterocycles. The Morgan fingerprint density at radius 3 is 2.40 bits per heavy atom. The van der Waals surface area contributed by atoms with Crippen LogP contribution in [0, 0.1) is 10.1 Å². The smallest absolute Gasteiger partial charge is 0.335 e. The average molecular weight is 508 g/mol. The maximum atomic E-state index is 12.3. The molecule has 0 heterocycles. The van der Waals surface area contributed by atoms with Gasteiger partial charge in [-0.05, 0) is 54.5 Å². The maximum Gasteiger partial charge on any atom is 0.335 e. The lowest BCUT2D eigenvalue weighted by Gasteiger charge is -2.10. The molecule has 0 fully saturated rings. The van der Waals surface area contributed by atoms with Crippen LogP contribution in [0.2, 0.25) is 0 Å². The molecule has 0 spiro atoms. The van der Waals surface area contributed by atoms with Gasteiger partial charge < -0.3 is 19.4 Å². The Kier molecular flexibility index (Phi) is 9.28. The summed E-state index contributed by atoms with van der Waals surface area (Å²) in [6.45, 7) is -0.256. The first-order valence-corrected chi connectivity index (χ1v) is 11.2. The number of ether oxygens (including phenoxy) is 2. The Hall–Kier alpha value is -4.46. The highest BCUT2D eigenvalue weighted by atomic mass is 32.2. The summed E-state index contributed by atoms with van der Waals surface area (Å²) in [4.78, 5) is 48.7. The van der Waals surface area contributed by atoms with Crippen molar-refractivity contribution in [3.63, 3.8) is 0 Å². The van der Waals surface area contributed by atoms with Crippen LogP contribution in [0.1, 0.15) is 28.8 Å². The van der Waals surface area contributed by atoms with Gasteiger partial charge in [0.1, 0.15) is 0 Å². The van der Waals surface area contributed by atoms with Crippen molar-refractivity contribution in [2.45, 2.75) is 17.7 Å². The van der Waals surface area contributed by atoms with Gasteiger partial charge in [0.25, 0.3) is 21.0 Å². The van der Waals surface area contributed by atoms with Gasteiger partial charge in [-0.1, -0.05) is 6.07 Å². The van der Waals surface area contributed by atoms with Gasteiger partial charge in [0.15, 0.2) is 11.5 Å². The van der Waals surface area contributed by atoms with Crippen LogP contribution in [0.5, 0.6) is 11.5 Å². The largest absolute Gasteiger partial charge is 0.493 e. The standard InChI is InChI=1S/C21H20N2O11S/c1-32-18-13-14(4-10-17(18)34-20(25)3-2-12-33-23(28)29)5-11-19(24)22-35(30,31)16-8-6-15(7-9-16)21(26)27/h4-11,13H,2-3,12H2,1H3,(H,22,24)(H,26,27)/b11-5+. The topological polar surface area (TPSA) is 188 Å². The molecule has 2 N–H and O–H groups in total. The van der Waals surface area contributed by atoms with Crippen LogP contribution in [0.15, 0.2) is 53.4 Å². The van der Waals surface area contributed by atoms with Gasteiger partial charge in [0.2, 0.25) is 0 Å². The van der Waals surface area contributed by atoms with Crippen LogP contribution >= 0.6 is 0 Å². The van der Waals surface area contributed by atoms with Gasteiger partial charge in [0, 0.05) is 12.5 Å². The fourth-order valence-electron chi connectivity index (χ4n) is 2.58. The van der Waals surface area contributed by atoms with Crippen LogP contribution in [-0.4, -0.2) is 50.2 Å². The number of carbonyl (C=O) groups is 3. The van der Waals surface area contributed by atoms with Gasteiger partial charge >= 0.3 is 11.9 Å². The minimum Gasteiger partial charge on any atom is -0.493 e. The monoisotopic (exact) mass is 508 g/mol. The highest BCUT2D eigenvalue weighted by molar-refractivity contribution is 7.90. The fraction of sp³-hybridized carbons (Fsp3) is 0.190. The van der Waals surface area contributed by atoms with Crippen molar-refractivity contribution < 1.29 is 47.3 Å². The third-order valence-corrected chi connectivity index (χ3v) is 5.57. The molecule has 0 aliphatic heterocycles. The third-order valence-electron chi connectivity index (χ3n) is 4.21. The van der Waals surface area contributed by atoms with Crippen molar-refractivity contribution in [1.82, 2.24) is 4.72 Å². The Balaban J connectivity index is 2.00. The summed E-state index contributed by atoms with van der Waals surface area (Å²) in [7, 11) is -2.91. The van der Waals surface area contributed by atoms with Gasteiger partial charge in [-0.3, -0.25) is 9.59 Å². The minimum atomic E-state index is -4.23. The zero-order valence-electron chi connectivity index (χ0n) is 18.2. The Morgan fingerprint density at radius 1 is 1.11 bits per heavy atom. The number of hydrogen-bond acceptors (Lipinski definition) is 10. The number of benzene rings is 2. The Bertz CT molecular complexity index is 1240. The zero-order chi connectivity index (χ0) is 26.0. The van der Waals surface area contributed by atoms with E-state index in [1.807, 2.05) is 4.72 Å². The molecule has 0 unspecified atom stereocenters. The SMILES string of the molecule is COc1cc(/C=C/C(=O)NS(=O)(=O)c2ccc(C(=O)O)cc2)ccc1OC(=O)CCCO[N+](=O)[O-]. The van der Waals surface area contributed by atoms with Crippen molar-refractivity contribution in [2.24, 2.45) is 0 Å². The molecule has 0 bridgehead atoms. The molecule has 1 amide bonds. The molecular formula is C21H20N2O11S. The minimum absolute atomic E-state index is 0.0710. The number of sulfonamides is 1. The number of rotatable bonds is 12. The lowest BCUT2D eigenvalue weighted by Crippen LogP contribution is -2.29. The molecule has 0 aliphatic carbocycles. The van der Waals surface area contributed by atoms with E-state index in [-0.39, 0.29) is 41.4 Å². The summed E-state index contributed by atoms with van der Waals surface area (Å²) in [5.74, 6) is -2.63. The van der Waals surface area contributed by atoms with Crippen LogP contribution in [0.4, 0.5) is 0 Å². The van der Waals surface area contributed by atoms with E-state index in [0.717, 1.165) is 30.3 Å². The van der Waals surface area contributed by atoms with Crippen molar-refractivity contribution >= 4 is 33.9 Å². The van der Waals surface area contributed by atoms with Gasteiger partial charge in [-0.25, -0.2) is 17.9 Å². The molecule has 0 radical (unpaired) electrons. The molecule has 14 heteroatoms. The Labute approximate surface area is 199 Å². The first-order valence-electron chi connectivity index (χ1n) is 9.76. The highest BCUT2D eigenvalue weighted by Crippen LogP contribution is 2.29. The Morgan fingerprint density at radius 2 is 1.80 bits per heavy atom. The van der Waals surface area contributed by atoms with E-state index >= 15 is 0 Å². The van der Waals surface area contributed by atoms with E-state index in [2.05, 4.69) is 4.84 Å². The van der Waals surface area contributed by atoms with Crippen molar-refractivity contribution in [1.29, 1.82) is 0 Å². The van der Waals surface area contributed by atoms with Crippen LogP contribution in [0.3, 0.4) is 0 Å². The van der Waals surface area contributed by atoms with Gasteiger partial charge in [-0.2, -0.15) is 0 Å². The number of aromatic carboxylic acids is 1. The predicted octanol–water partition coefficient (Wildman–Crippen LogP) is 1.81. The predicted molar refractivity (Wildman–Crippen MR) is 119 cm³/mol. The van der Waals surface area contributed by atoms with E-state index < -0.39 is 33.0 Å². The quantitative estimate of drug-likeness (QED) is 0.106. The summed E-state index contributed by atoms with van der Waals surface area (Å²) in [5, 5.41) is 18.0. The van der Waals surface area contributed by atoms with E-state index in [4.69, 9.17) is 14.6 Å². The summed E-state index contributed by atoms with van der Waals surface area (Å²) < 4.78 is 36.7. The lowest BCUT2D eigenvalue weighted by atomic mass is 10.2. The van der Waals surface area contributed by atoms with E-state index in [0.29, 0.717) is 5.56 Å². The number of carboxylic acids is 1. The number of methoxy groups -OCH3 is 1. The number of nitrogens with one attached hydrogen (secondary N) is 1. The summed E-state index contributed by atoms with van der Waals surface area (Å²) in [6.07, 6.45) is 2.19. The molecule has 2 aromatic rings. The molecule has 0 saturated carbocycles.